The van der Waals surface area contributed by atoms with Crippen LogP contribution in [0.25, 0.3) is 0 Å². The van der Waals surface area contributed by atoms with E-state index in [0.717, 1.165) is 17.8 Å². The molecule has 0 aliphatic heterocycles. The second-order valence-electron chi connectivity index (χ2n) is 7.79. The van der Waals surface area contributed by atoms with Crippen LogP contribution in [-0.2, 0) is 0 Å². The van der Waals surface area contributed by atoms with Crippen LogP contribution in [0.1, 0.15) is 86.5 Å². The largest absolute Gasteiger partial charge is 0.0851 e. The van der Waals surface area contributed by atoms with E-state index in [9.17, 15) is 0 Å². The molecular formula is C19H36. The molecule has 0 fully saturated rings. The van der Waals surface area contributed by atoms with Crippen molar-refractivity contribution in [2.75, 3.05) is 0 Å². The van der Waals surface area contributed by atoms with Crippen molar-refractivity contribution < 1.29 is 0 Å². The number of unbranched alkanes of at least 4 members (excludes halogenated alkanes) is 1. The van der Waals surface area contributed by atoms with Crippen molar-refractivity contribution in [1.82, 2.24) is 0 Å². The number of hydrogen-bond donors (Lipinski definition) is 0. The molecule has 0 heteroatoms. The number of hydrogen-bond acceptors (Lipinski definition) is 0. The molecule has 3 atom stereocenters. The monoisotopic (exact) mass is 264 g/mol. The summed E-state index contributed by atoms with van der Waals surface area (Å²) in [6.45, 7) is 14.5. The summed E-state index contributed by atoms with van der Waals surface area (Å²) in [4.78, 5) is 0. The second kappa shape index (κ2) is 7.50. The van der Waals surface area contributed by atoms with Gasteiger partial charge in [0.15, 0.2) is 0 Å². The fourth-order valence-corrected chi connectivity index (χ4v) is 3.39. The Bertz CT molecular complexity index is 284. The molecular weight excluding hydrogens is 228 g/mol. The third-order valence-electron chi connectivity index (χ3n) is 5.63. The van der Waals surface area contributed by atoms with Gasteiger partial charge in [-0.2, -0.15) is 0 Å². The lowest BCUT2D eigenvalue weighted by atomic mass is 9.71. The topological polar surface area (TPSA) is 0 Å². The van der Waals surface area contributed by atoms with E-state index in [1.165, 1.54) is 44.9 Å². The normalized spacial score (nSPS) is 26.1. The van der Waals surface area contributed by atoms with Crippen LogP contribution < -0.4 is 0 Å². The molecule has 0 heterocycles. The van der Waals surface area contributed by atoms with E-state index in [-0.39, 0.29) is 0 Å². The molecule has 19 heavy (non-hydrogen) atoms. The van der Waals surface area contributed by atoms with Crippen LogP contribution in [0.2, 0.25) is 0 Å². The first-order valence-electron chi connectivity index (χ1n) is 8.53. The molecule has 1 aliphatic rings. The summed E-state index contributed by atoms with van der Waals surface area (Å²) in [7, 11) is 0. The van der Waals surface area contributed by atoms with Gasteiger partial charge in [-0.25, -0.2) is 0 Å². The van der Waals surface area contributed by atoms with E-state index in [1.807, 2.05) is 0 Å². The minimum atomic E-state index is 0.522. The SMILES string of the molecule is CCCCC(C)(C)C(C)CCC1CC(C)CC=C1C. The van der Waals surface area contributed by atoms with Crippen molar-refractivity contribution in [2.45, 2.75) is 86.5 Å². The maximum Gasteiger partial charge on any atom is -0.0203 e. The molecule has 3 unspecified atom stereocenters. The highest BCUT2D eigenvalue weighted by atomic mass is 14.3. The molecule has 0 aromatic heterocycles. The molecule has 0 radical (unpaired) electrons. The Morgan fingerprint density at radius 2 is 2.05 bits per heavy atom. The minimum absolute atomic E-state index is 0.522. The summed E-state index contributed by atoms with van der Waals surface area (Å²) in [6, 6.07) is 0. The Morgan fingerprint density at radius 3 is 2.68 bits per heavy atom. The fourth-order valence-electron chi connectivity index (χ4n) is 3.39. The van der Waals surface area contributed by atoms with Crippen LogP contribution in [0.15, 0.2) is 11.6 Å². The Morgan fingerprint density at radius 1 is 1.37 bits per heavy atom. The van der Waals surface area contributed by atoms with Gasteiger partial charge in [0.1, 0.15) is 0 Å². The highest BCUT2D eigenvalue weighted by Crippen LogP contribution is 2.38. The molecule has 0 nitrogen and oxygen atoms in total. The summed E-state index contributed by atoms with van der Waals surface area (Å²) in [5, 5.41) is 0. The lowest BCUT2D eigenvalue weighted by Crippen LogP contribution is -2.23. The molecule has 1 rings (SSSR count). The third-order valence-corrected chi connectivity index (χ3v) is 5.63. The van der Waals surface area contributed by atoms with E-state index >= 15 is 0 Å². The standard InChI is InChI=1S/C19H36/c1-7-8-13-19(5,6)17(4)11-12-18-14-15(2)9-10-16(18)3/h10,15,17-18H,7-9,11-14H2,1-6H3. The van der Waals surface area contributed by atoms with E-state index in [1.54, 1.807) is 5.57 Å². The summed E-state index contributed by atoms with van der Waals surface area (Å²) < 4.78 is 0. The summed E-state index contributed by atoms with van der Waals surface area (Å²) >= 11 is 0. The molecule has 0 saturated heterocycles. The van der Waals surface area contributed by atoms with E-state index in [2.05, 4.69) is 47.6 Å². The van der Waals surface area contributed by atoms with Gasteiger partial charge in [-0.05, 0) is 62.2 Å². The van der Waals surface area contributed by atoms with Crippen molar-refractivity contribution in [1.29, 1.82) is 0 Å². The van der Waals surface area contributed by atoms with Gasteiger partial charge in [0, 0.05) is 0 Å². The van der Waals surface area contributed by atoms with Crippen molar-refractivity contribution >= 4 is 0 Å². The Labute approximate surface area is 122 Å². The van der Waals surface area contributed by atoms with Crippen molar-refractivity contribution in [3.63, 3.8) is 0 Å². The number of allylic oxidation sites excluding steroid dienone is 2. The first kappa shape index (κ1) is 16.8. The van der Waals surface area contributed by atoms with Crippen LogP contribution in [0.5, 0.6) is 0 Å². The summed E-state index contributed by atoms with van der Waals surface area (Å²) in [6.07, 6.45) is 12.1. The molecule has 0 saturated carbocycles. The van der Waals surface area contributed by atoms with Crippen LogP contribution in [0.4, 0.5) is 0 Å². The summed E-state index contributed by atoms with van der Waals surface area (Å²) in [5.74, 6) is 2.62. The van der Waals surface area contributed by atoms with Crippen molar-refractivity contribution in [3.8, 4) is 0 Å². The van der Waals surface area contributed by atoms with E-state index in [4.69, 9.17) is 0 Å². The predicted octanol–water partition coefficient (Wildman–Crippen LogP) is 6.61. The lowest BCUT2D eigenvalue weighted by molar-refractivity contribution is 0.183. The first-order chi connectivity index (χ1) is 8.86. The van der Waals surface area contributed by atoms with Gasteiger partial charge in [-0.3, -0.25) is 0 Å². The molecule has 0 spiro atoms. The third kappa shape index (κ3) is 5.32. The van der Waals surface area contributed by atoms with Crippen LogP contribution in [-0.4, -0.2) is 0 Å². The minimum Gasteiger partial charge on any atom is -0.0851 e. The molecule has 0 aromatic carbocycles. The molecule has 0 aromatic rings. The van der Waals surface area contributed by atoms with Crippen LogP contribution in [0.3, 0.4) is 0 Å². The highest BCUT2D eigenvalue weighted by molar-refractivity contribution is 5.07. The molecule has 1 aliphatic carbocycles. The van der Waals surface area contributed by atoms with Gasteiger partial charge in [0.05, 0.1) is 0 Å². The zero-order valence-corrected chi connectivity index (χ0v) is 14.3. The van der Waals surface area contributed by atoms with E-state index in [0.29, 0.717) is 5.41 Å². The molecule has 0 N–H and O–H groups in total. The van der Waals surface area contributed by atoms with E-state index < -0.39 is 0 Å². The van der Waals surface area contributed by atoms with Gasteiger partial charge in [-0.1, -0.05) is 59.1 Å². The average Bonchev–Trinajstić information content (AvgIpc) is 2.37. The smallest absolute Gasteiger partial charge is 0.0203 e. The maximum absolute atomic E-state index is 2.49. The van der Waals surface area contributed by atoms with Crippen molar-refractivity contribution in [3.05, 3.63) is 11.6 Å². The Kier molecular flexibility index (Phi) is 6.63. The first-order valence-corrected chi connectivity index (χ1v) is 8.53. The van der Waals surface area contributed by atoms with Gasteiger partial charge < -0.3 is 0 Å². The van der Waals surface area contributed by atoms with Gasteiger partial charge in [0.25, 0.3) is 0 Å². The quantitative estimate of drug-likeness (QED) is 0.454. The summed E-state index contributed by atoms with van der Waals surface area (Å²) in [5.41, 5.74) is 2.19. The molecule has 0 bridgehead atoms. The zero-order valence-electron chi connectivity index (χ0n) is 14.3. The average molecular weight is 264 g/mol. The highest BCUT2D eigenvalue weighted by Gasteiger charge is 2.27. The Balaban J connectivity index is 2.42. The second-order valence-corrected chi connectivity index (χ2v) is 7.79. The predicted molar refractivity (Wildman–Crippen MR) is 87.3 cm³/mol. The van der Waals surface area contributed by atoms with Gasteiger partial charge >= 0.3 is 0 Å². The van der Waals surface area contributed by atoms with Crippen LogP contribution >= 0.6 is 0 Å². The maximum atomic E-state index is 2.49. The fraction of sp³-hybridized carbons (Fsp3) is 0.895. The lowest BCUT2D eigenvalue weighted by Gasteiger charge is -2.34. The van der Waals surface area contributed by atoms with Crippen molar-refractivity contribution in [2.24, 2.45) is 23.2 Å². The zero-order chi connectivity index (χ0) is 14.5. The number of rotatable bonds is 7. The van der Waals surface area contributed by atoms with Gasteiger partial charge in [-0.15, -0.1) is 0 Å². The molecule has 112 valence electrons. The van der Waals surface area contributed by atoms with Crippen LogP contribution in [0, 0.1) is 23.2 Å². The van der Waals surface area contributed by atoms with Gasteiger partial charge in [0.2, 0.25) is 0 Å². The Hall–Kier alpha value is -0.260. The molecule has 0 amide bonds.